The minimum absolute atomic E-state index is 0.102. The number of carbonyl (C=O) groups excluding carboxylic acids is 2. The van der Waals surface area contributed by atoms with E-state index >= 15 is 0 Å². The van der Waals surface area contributed by atoms with Gasteiger partial charge in [-0.3, -0.25) is 9.59 Å². The molecule has 0 saturated carbocycles. The standard InChI is InChI=1S/C26H35ClF3N3O3/c1-17(2)16-25(36,26(28,29)30)24(35)33-13-9-19(10-14-33)18-7-11-32(12-8-18)20-5-6-21(22(27)15-20)23(34)31(3)4/h5-6,15,18-19,36H,1,7-14,16H2,2-4H3. The highest BCUT2D eigenvalue weighted by atomic mass is 35.5. The van der Waals surface area contributed by atoms with E-state index in [2.05, 4.69) is 11.5 Å². The van der Waals surface area contributed by atoms with Gasteiger partial charge in [0.25, 0.3) is 11.8 Å². The smallest absolute Gasteiger partial charge is 0.372 e. The first-order valence-corrected chi connectivity index (χ1v) is 12.6. The van der Waals surface area contributed by atoms with Gasteiger partial charge >= 0.3 is 6.18 Å². The summed E-state index contributed by atoms with van der Waals surface area (Å²) in [4.78, 5) is 29.8. The lowest BCUT2D eigenvalue weighted by Crippen LogP contribution is -2.59. The largest absolute Gasteiger partial charge is 0.426 e. The Bertz CT molecular complexity index is 984. The minimum atomic E-state index is -5.06. The van der Waals surface area contributed by atoms with Gasteiger partial charge in [-0.05, 0) is 62.6 Å². The molecule has 200 valence electrons. The van der Waals surface area contributed by atoms with E-state index in [4.69, 9.17) is 11.6 Å². The lowest BCUT2D eigenvalue weighted by Gasteiger charge is -2.42. The van der Waals surface area contributed by atoms with Crippen molar-refractivity contribution in [1.29, 1.82) is 0 Å². The van der Waals surface area contributed by atoms with Crippen molar-refractivity contribution in [3.63, 3.8) is 0 Å². The minimum Gasteiger partial charge on any atom is -0.372 e. The van der Waals surface area contributed by atoms with E-state index in [-0.39, 0.29) is 24.6 Å². The summed E-state index contributed by atoms with van der Waals surface area (Å²) in [7, 11) is 3.35. The number of anilines is 1. The van der Waals surface area contributed by atoms with Gasteiger partial charge in [0.15, 0.2) is 0 Å². The maximum atomic E-state index is 13.6. The molecule has 2 heterocycles. The van der Waals surface area contributed by atoms with Crippen molar-refractivity contribution in [2.45, 2.75) is 50.8 Å². The fraction of sp³-hybridized carbons (Fsp3) is 0.615. The zero-order valence-electron chi connectivity index (χ0n) is 21.1. The Morgan fingerprint density at radius 2 is 1.61 bits per heavy atom. The average Bonchev–Trinajstić information content (AvgIpc) is 2.82. The molecule has 1 unspecified atom stereocenters. The molecule has 2 amide bonds. The number of hydrogen-bond donors (Lipinski definition) is 1. The van der Waals surface area contributed by atoms with E-state index < -0.39 is 24.1 Å². The van der Waals surface area contributed by atoms with Crippen molar-refractivity contribution in [2.24, 2.45) is 11.8 Å². The van der Waals surface area contributed by atoms with Gasteiger partial charge in [0.2, 0.25) is 5.60 Å². The molecule has 2 aliphatic rings. The second-order valence-corrected chi connectivity index (χ2v) is 10.7. The number of amides is 2. The highest BCUT2D eigenvalue weighted by Gasteiger charge is 2.60. The van der Waals surface area contributed by atoms with E-state index in [1.807, 2.05) is 12.1 Å². The Hall–Kier alpha value is -2.26. The van der Waals surface area contributed by atoms with Gasteiger partial charge in [-0.25, -0.2) is 0 Å². The van der Waals surface area contributed by atoms with Crippen LogP contribution in [0.2, 0.25) is 5.02 Å². The zero-order valence-corrected chi connectivity index (χ0v) is 21.8. The van der Waals surface area contributed by atoms with Crippen molar-refractivity contribution < 1.29 is 27.9 Å². The number of nitrogens with zero attached hydrogens (tertiary/aromatic N) is 3. The lowest BCUT2D eigenvalue weighted by molar-refractivity contribution is -0.256. The van der Waals surface area contributed by atoms with Crippen LogP contribution in [-0.4, -0.2) is 78.8 Å². The normalized spacial score (nSPS) is 19.7. The second-order valence-electron chi connectivity index (χ2n) is 10.3. The number of halogens is 4. The van der Waals surface area contributed by atoms with E-state index in [0.717, 1.165) is 36.5 Å². The summed E-state index contributed by atoms with van der Waals surface area (Å²) in [6.07, 6.45) is -2.81. The van der Waals surface area contributed by atoms with Crippen molar-refractivity contribution in [3.8, 4) is 0 Å². The second kappa shape index (κ2) is 11.0. The third-order valence-electron chi connectivity index (χ3n) is 7.37. The first kappa shape index (κ1) is 28.3. The third kappa shape index (κ3) is 5.99. The van der Waals surface area contributed by atoms with Crippen LogP contribution in [0, 0.1) is 11.8 Å². The molecule has 6 nitrogen and oxygen atoms in total. The van der Waals surface area contributed by atoms with Gasteiger partial charge < -0.3 is 19.8 Å². The van der Waals surface area contributed by atoms with Crippen LogP contribution in [0.1, 0.15) is 49.4 Å². The Morgan fingerprint density at radius 3 is 2.06 bits per heavy atom. The number of rotatable bonds is 6. The Labute approximate surface area is 215 Å². The molecule has 3 rings (SSSR count). The zero-order chi connectivity index (χ0) is 26.8. The number of alkyl halides is 3. The van der Waals surface area contributed by atoms with Crippen LogP contribution in [0.15, 0.2) is 30.4 Å². The quantitative estimate of drug-likeness (QED) is 0.540. The van der Waals surface area contributed by atoms with Crippen LogP contribution < -0.4 is 4.90 Å². The highest BCUT2D eigenvalue weighted by Crippen LogP contribution is 2.39. The number of likely N-dealkylation sites (tertiary alicyclic amines) is 1. The molecule has 1 N–H and O–H groups in total. The van der Waals surface area contributed by atoms with E-state index in [1.165, 1.54) is 11.8 Å². The molecular formula is C26H35ClF3N3O3. The topological polar surface area (TPSA) is 64.1 Å². The number of carbonyl (C=O) groups is 2. The predicted octanol–water partition coefficient (Wildman–Crippen LogP) is 4.76. The van der Waals surface area contributed by atoms with Crippen molar-refractivity contribution >= 4 is 29.1 Å². The molecule has 0 aromatic heterocycles. The van der Waals surface area contributed by atoms with Crippen LogP contribution >= 0.6 is 11.6 Å². The summed E-state index contributed by atoms with van der Waals surface area (Å²) in [6, 6.07) is 5.46. The molecule has 10 heteroatoms. The Morgan fingerprint density at radius 1 is 1.08 bits per heavy atom. The molecular weight excluding hydrogens is 495 g/mol. The van der Waals surface area contributed by atoms with Gasteiger partial charge in [0.05, 0.1) is 10.6 Å². The third-order valence-corrected chi connectivity index (χ3v) is 7.68. The number of piperidine rings is 2. The molecule has 1 aromatic rings. The summed E-state index contributed by atoms with van der Waals surface area (Å²) >= 11 is 6.37. The summed E-state index contributed by atoms with van der Waals surface area (Å²) in [5, 5.41) is 10.7. The van der Waals surface area contributed by atoms with Crippen molar-refractivity contribution in [3.05, 3.63) is 40.9 Å². The van der Waals surface area contributed by atoms with Gasteiger partial charge in [-0.1, -0.05) is 17.2 Å². The molecule has 0 radical (unpaired) electrons. The van der Waals surface area contributed by atoms with E-state index in [9.17, 15) is 27.9 Å². The predicted molar refractivity (Wildman–Crippen MR) is 134 cm³/mol. The number of hydrogen-bond acceptors (Lipinski definition) is 4. The molecule has 1 atom stereocenters. The van der Waals surface area contributed by atoms with Crippen molar-refractivity contribution in [1.82, 2.24) is 9.80 Å². The SMILES string of the molecule is C=C(C)CC(O)(C(=O)N1CCC(C2CCN(c3ccc(C(=O)N(C)C)c(Cl)c3)CC2)CC1)C(F)(F)F. The molecule has 2 fully saturated rings. The summed E-state index contributed by atoms with van der Waals surface area (Å²) in [6.45, 7) is 6.85. The van der Waals surface area contributed by atoms with Crippen LogP contribution in [0.25, 0.3) is 0 Å². The molecule has 1 aromatic carbocycles. The lowest BCUT2D eigenvalue weighted by atomic mass is 9.78. The summed E-state index contributed by atoms with van der Waals surface area (Å²) < 4.78 is 40.7. The molecule has 2 aliphatic heterocycles. The molecule has 36 heavy (non-hydrogen) atoms. The van der Waals surface area contributed by atoms with E-state index in [0.29, 0.717) is 35.3 Å². The Balaban J connectivity index is 1.55. The van der Waals surface area contributed by atoms with Gasteiger partial charge in [-0.2, -0.15) is 13.2 Å². The molecule has 2 saturated heterocycles. The van der Waals surface area contributed by atoms with Gasteiger partial charge in [0.1, 0.15) is 0 Å². The molecule has 0 bridgehead atoms. The fourth-order valence-corrected chi connectivity index (χ4v) is 5.57. The van der Waals surface area contributed by atoms with Crippen LogP contribution in [0.5, 0.6) is 0 Å². The van der Waals surface area contributed by atoms with Crippen LogP contribution in [-0.2, 0) is 4.79 Å². The highest BCUT2D eigenvalue weighted by molar-refractivity contribution is 6.34. The summed E-state index contributed by atoms with van der Waals surface area (Å²) in [5.74, 6) is -0.691. The maximum Gasteiger partial charge on any atom is 0.426 e. The first-order valence-electron chi connectivity index (χ1n) is 12.2. The maximum absolute atomic E-state index is 13.6. The van der Waals surface area contributed by atoms with Crippen LogP contribution in [0.3, 0.4) is 0 Å². The van der Waals surface area contributed by atoms with Gasteiger partial charge in [-0.15, -0.1) is 6.58 Å². The fourth-order valence-electron chi connectivity index (χ4n) is 5.31. The average molecular weight is 530 g/mol. The molecule has 0 spiro atoms. The number of benzene rings is 1. The summed E-state index contributed by atoms with van der Waals surface area (Å²) in [5.41, 5.74) is -1.91. The number of aliphatic hydroxyl groups is 1. The van der Waals surface area contributed by atoms with Crippen molar-refractivity contribution in [2.75, 3.05) is 45.2 Å². The molecule has 0 aliphatic carbocycles. The van der Waals surface area contributed by atoms with Gasteiger partial charge in [0, 0.05) is 52.4 Å². The first-order chi connectivity index (χ1) is 16.7. The van der Waals surface area contributed by atoms with Crippen LogP contribution in [0.4, 0.5) is 18.9 Å². The Kier molecular flexibility index (Phi) is 8.66. The van der Waals surface area contributed by atoms with E-state index in [1.54, 1.807) is 20.2 Å². The monoisotopic (exact) mass is 529 g/mol.